The van der Waals surface area contributed by atoms with E-state index in [4.69, 9.17) is 16.3 Å². The number of rotatable bonds is 7. The maximum Gasteiger partial charge on any atom is 0.251 e. The highest BCUT2D eigenvalue weighted by molar-refractivity contribution is 6.30. The lowest BCUT2D eigenvalue weighted by molar-refractivity contribution is -0.127. The van der Waals surface area contributed by atoms with Gasteiger partial charge in [0, 0.05) is 23.7 Å². The molecule has 0 saturated carbocycles. The number of hydrogen-bond acceptors (Lipinski definition) is 3. The van der Waals surface area contributed by atoms with Crippen molar-refractivity contribution in [3.8, 4) is 5.75 Å². The van der Waals surface area contributed by atoms with E-state index in [-0.39, 0.29) is 12.1 Å². The van der Waals surface area contributed by atoms with Crippen LogP contribution in [0.15, 0.2) is 59.7 Å². The number of hydrogen-bond donors (Lipinski definition) is 1. The van der Waals surface area contributed by atoms with Crippen LogP contribution in [-0.2, 0) is 17.8 Å². The van der Waals surface area contributed by atoms with E-state index < -0.39 is 0 Å². The zero-order chi connectivity index (χ0) is 20.2. The van der Waals surface area contributed by atoms with Gasteiger partial charge in [-0.25, -0.2) is 0 Å². The summed E-state index contributed by atoms with van der Waals surface area (Å²) in [5, 5.41) is 4.38. The van der Waals surface area contributed by atoms with E-state index in [2.05, 4.69) is 17.4 Å². The first-order chi connectivity index (χ1) is 14.2. The molecule has 0 aromatic heterocycles. The summed E-state index contributed by atoms with van der Waals surface area (Å²) in [4.78, 5) is 15.1. The van der Waals surface area contributed by atoms with Crippen molar-refractivity contribution in [2.75, 3.05) is 13.7 Å². The molecule has 1 atom stereocenters. The van der Waals surface area contributed by atoms with E-state index in [0.29, 0.717) is 6.54 Å². The Kier molecular flexibility index (Phi) is 6.22. The normalized spacial score (nSPS) is 18.9. The van der Waals surface area contributed by atoms with Crippen LogP contribution in [-0.4, -0.2) is 30.6 Å². The lowest BCUT2D eigenvalue weighted by Gasteiger charge is -2.28. The van der Waals surface area contributed by atoms with Gasteiger partial charge in [0.15, 0.2) is 0 Å². The Hall–Kier alpha value is -2.30. The number of nitrogens with one attached hydrogen (secondary N) is 1. The predicted molar refractivity (Wildman–Crippen MR) is 116 cm³/mol. The van der Waals surface area contributed by atoms with Gasteiger partial charge < -0.3 is 9.64 Å². The third-order valence-electron chi connectivity index (χ3n) is 5.88. The largest absolute Gasteiger partial charge is 0.497 e. The van der Waals surface area contributed by atoms with Crippen LogP contribution in [0.4, 0.5) is 0 Å². The SMILES string of the molecule is COc1ccc(CN[C@H]2C3=C(CCCC3)C(=O)N2CCc2ccc(Cl)cc2)cc1. The van der Waals surface area contributed by atoms with Gasteiger partial charge in [-0.3, -0.25) is 10.1 Å². The maximum absolute atomic E-state index is 13.1. The van der Waals surface area contributed by atoms with E-state index in [1.54, 1.807) is 7.11 Å². The number of ether oxygens (including phenoxy) is 1. The highest BCUT2D eigenvalue weighted by atomic mass is 35.5. The first kappa shape index (κ1) is 20.0. The lowest BCUT2D eigenvalue weighted by atomic mass is 9.92. The summed E-state index contributed by atoms with van der Waals surface area (Å²) < 4.78 is 5.24. The van der Waals surface area contributed by atoms with Crippen molar-refractivity contribution < 1.29 is 9.53 Å². The molecule has 4 nitrogen and oxygen atoms in total. The first-order valence-corrected chi connectivity index (χ1v) is 10.7. The number of nitrogens with zero attached hydrogens (tertiary/aromatic N) is 1. The minimum atomic E-state index is -0.00722. The first-order valence-electron chi connectivity index (χ1n) is 10.3. The van der Waals surface area contributed by atoms with Crippen molar-refractivity contribution >= 4 is 17.5 Å². The van der Waals surface area contributed by atoms with Crippen LogP contribution in [0.1, 0.15) is 36.8 Å². The average molecular weight is 411 g/mol. The highest BCUT2D eigenvalue weighted by Crippen LogP contribution is 2.35. The van der Waals surface area contributed by atoms with E-state index in [1.165, 1.54) is 16.7 Å². The van der Waals surface area contributed by atoms with E-state index in [9.17, 15) is 4.79 Å². The Morgan fingerprint density at radius 1 is 1.03 bits per heavy atom. The van der Waals surface area contributed by atoms with Gasteiger partial charge in [0.05, 0.1) is 7.11 Å². The fourth-order valence-corrected chi connectivity index (χ4v) is 4.40. The Morgan fingerprint density at radius 2 is 1.72 bits per heavy atom. The standard InChI is InChI=1S/C24H27ClN2O2/c1-29-20-12-8-18(9-13-20)16-26-23-21-4-2-3-5-22(21)24(28)27(23)15-14-17-6-10-19(25)11-7-17/h6-13,23,26H,2-5,14-16H2,1H3/t23-/m1/s1. The van der Waals surface area contributed by atoms with Gasteiger partial charge in [0.25, 0.3) is 5.91 Å². The molecule has 2 aliphatic rings. The summed E-state index contributed by atoms with van der Waals surface area (Å²) in [6, 6.07) is 16.0. The third-order valence-corrected chi connectivity index (χ3v) is 6.14. The Labute approximate surface area is 177 Å². The number of amides is 1. The highest BCUT2D eigenvalue weighted by Gasteiger charge is 2.39. The Bertz CT molecular complexity index is 890. The molecular weight excluding hydrogens is 384 g/mol. The minimum Gasteiger partial charge on any atom is -0.497 e. The van der Waals surface area contributed by atoms with Crippen molar-refractivity contribution in [3.63, 3.8) is 0 Å². The van der Waals surface area contributed by atoms with Crippen LogP contribution in [0.5, 0.6) is 5.75 Å². The second-order valence-electron chi connectivity index (χ2n) is 7.72. The minimum absolute atomic E-state index is 0.00722. The summed E-state index contributed by atoms with van der Waals surface area (Å²) in [6.45, 7) is 1.42. The molecule has 5 heteroatoms. The van der Waals surface area contributed by atoms with E-state index in [1.807, 2.05) is 41.3 Å². The van der Waals surface area contributed by atoms with Crippen molar-refractivity contribution in [2.45, 2.75) is 44.8 Å². The maximum atomic E-state index is 13.1. The van der Waals surface area contributed by atoms with E-state index >= 15 is 0 Å². The number of carbonyl (C=O) groups is 1. The zero-order valence-electron chi connectivity index (χ0n) is 16.8. The number of methoxy groups -OCH3 is 1. The molecule has 0 saturated heterocycles. The van der Waals surface area contributed by atoms with Gasteiger partial charge in [-0.15, -0.1) is 0 Å². The monoisotopic (exact) mass is 410 g/mol. The van der Waals surface area contributed by atoms with Crippen molar-refractivity contribution in [3.05, 3.63) is 75.8 Å². The second kappa shape index (κ2) is 9.02. The molecule has 0 radical (unpaired) electrons. The van der Waals surface area contributed by atoms with Crippen LogP contribution >= 0.6 is 11.6 Å². The molecule has 4 rings (SSSR count). The quantitative estimate of drug-likeness (QED) is 0.718. The summed E-state index contributed by atoms with van der Waals surface area (Å²) in [6.07, 6.45) is 5.01. The average Bonchev–Trinajstić information content (AvgIpc) is 3.03. The molecule has 0 bridgehead atoms. The molecule has 1 N–H and O–H groups in total. The molecule has 1 aliphatic carbocycles. The summed E-state index contributed by atoms with van der Waals surface area (Å²) in [5.41, 5.74) is 4.71. The van der Waals surface area contributed by atoms with Gasteiger partial charge in [-0.05, 0) is 73.1 Å². The van der Waals surface area contributed by atoms with Gasteiger partial charge in [0.1, 0.15) is 11.9 Å². The van der Waals surface area contributed by atoms with Gasteiger partial charge in [0.2, 0.25) is 0 Å². The van der Waals surface area contributed by atoms with Gasteiger partial charge in [-0.2, -0.15) is 0 Å². The zero-order valence-corrected chi connectivity index (χ0v) is 17.5. The molecule has 0 spiro atoms. The summed E-state index contributed by atoms with van der Waals surface area (Å²) in [5.74, 6) is 1.06. The van der Waals surface area contributed by atoms with E-state index in [0.717, 1.165) is 55.0 Å². The van der Waals surface area contributed by atoms with Gasteiger partial charge in [-0.1, -0.05) is 35.9 Å². The molecule has 0 fully saturated rings. The fourth-order valence-electron chi connectivity index (χ4n) is 4.28. The molecule has 29 heavy (non-hydrogen) atoms. The molecule has 152 valence electrons. The predicted octanol–water partition coefficient (Wildman–Crippen LogP) is 4.72. The van der Waals surface area contributed by atoms with Crippen LogP contribution < -0.4 is 10.1 Å². The summed E-state index contributed by atoms with van der Waals surface area (Å²) in [7, 11) is 1.67. The van der Waals surface area contributed by atoms with Crippen molar-refractivity contribution in [1.29, 1.82) is 0 Å². The number of halogens is 1. The fraction of sp³-hybridized carbons (Fsp3) is 0.375. The third kappa shape index (κ3) is 4.49. The Balaban J connectivity index is 1.47. The topological polar surface area (TPSA) is 41.6 Å². The summed E-state index contributed by atoms with van der Waals surface area (Å²) >= 11 is 6.00. The molecular formula is C24H27ClN2O2. The Morgan fingerprint density at radius 3 is 2.45 bits per heavy atom. The molecule has 1 heterocycles. The molecule has 2 aromatic carbocycles. The number of benzene rings is 2. The number of carbonyl (C=O) groups excluding carboxylic acids is 1. The molecule has 1 aliphatic heterocycles. The molecule has 2 aromatic rings. The van der Waals surface area contributed by atoms with Crippen molar-refractivity contribution in [2.24, 2.45) is 0 Å². The van der Waals surface area contributed by atoms with Gasteiger partial charge >= 0.3 is 0 Å². The van der Waals surface area contributed by atoms with Crippen molar-refractivity contribution in [1.82, 2.24) is 10.2 Å². The smallest absolute Gasteiger partial charge is 0.251 e. The van der Waals surface area contributed by atoms with Crippen LogP contribution in [0.2, 0.25) is 5.02 Å². The molecule has 1 amide bonds. The molecule has 0 unspecified atom stereocenters. The van der Waals surface area contributed by atoms with Crippen LogP contribution in [0, 0.1) is 0 Å². The second-order valence-corrected chi connectivity index (χ2v) is 8.15. The van der Waals surface area contributed by atoms with Crippen LogP contribution in [0.25, 0.3) is 0 Å². The van der Waals surface area contributed by atoms with Crippen LogP contribution in [0.3, 0.4) is 0 Å². The lowest BCUT2D eigenvalue weighted by Crippen LogP contribution is -2.46.